The van der Waals surface area contributed by atoms with Crippen LogP contribution in [0.1, 0.15) is 38.5 Å². The Morgan fingerprint density at radius 3 is 2.62 bits per heavy atom. The molecule has 0 radical (unpaired) electrons. The van der Waals surface area contributed by atoms with Gasteiger partial charge < -0.3 is 20.1 Å². The van der Waals surface area contributed by atoms with E-state index in [4.69, 9.17) is 15.2 Å². The largest absolute Gasteiger partial charge is 0.488 e. The van der Waals surface area contributed by atoms with E-state index in [1.165, 1.54) is 24.2 Å². The maximum atomic E-state index is 13.1. The van der Waals surface area contributed by atoms with Crippen molar-refractivity contribution in [2.75, 3.05) is 44.9 Å². The van der Waals surface area contributed by atoms with Gasteiger partial charge in [0.25, 0.3) is 5.91 Å². The summed E-state index contributed by atoms with van der Waals surface area (Å²) in [4.78, 5) is 21.5. The standard InChI is InChI=1S/C22H32N4O3/c1-25-20(27)22(24-21(25)23,15-17-7-3-2-4-8-17)16-29-19-10-6-5-9-18(19)26-11-13-28-14-12-26/h5-6,9-10,17H,2-4,7-8,11-16H2,1H3,(H2,23,24). The van der Waals surface area contributed by atoms with Crippen LogP contribution < -0.4 is 15.4 Å². The number of rotatable bonds is 6. The van der Waals surface area contributed by atoms with Crippen molar-refractivity contribution in [2.24, 2.45) is 16.6 Å². The third kappa shape index (κ3) is 4.20. The fourth-order valence-corrected chi connectivity index (χ4v) is 4.75. The van der Waals surface area contributed by atoms with Gasteiger partial charge in [-0.1, -0.05) is 44.2 Å². The van der Waals surface area contributed by atoms with E-state index in [9.17, 15) is 4.79 Å². The molecule has 7 heteroatoms. The SMILES string of the molecule is CN1C(=O)C(COc2ccccc2N2CCOCC2)(CC2CCCCC2)N=C1N. The summed E-state index contributed by atoms with van der Waals surface area (Å²) in [5.41, 5.74) is 6.17. The maximum absolute atomic E-state index is 13.1. The fraction of sp³-hybridized carbons (Fsp3) is 0.636. The van der Waals surface area contributed by atoms with Crippen molar-refractivity contribution in [3.8, 4) is 5.75 Å². The Morgan fingerprint density at radius 1 is 1.21 bits per heavy atom. The third-order valence-corrected chi connectivity index (χ3v) is 6.41. The Balaban J connectivity index is 1.54. The molecule has 1 amide bonds. The number of aliphatic imine (C=N–C) groups is 1. The number of nitrogens with two attached hydrogens (primary N) is 1. The number of hydrogen-bond acceptors (Lipinski definition) is 6. The number of amides is 1. The molecule has 7 nitrogen and oxygen atoms in total. The molecule has 158 valence electrons. The van der Waals surface area contributed by atoms with Gasteiger partial charge in [0.1, 0.15) is 12.4 Å². The first-order valence-corrected chi connectivity index (χ1v) is 10.8. The summed E-state index contributed by atoms with van der Waals surface area (Å²) in [7, 11) is 1.70. The second kappa shape index (κ2) is 8.61. The Bertz CT molecular complexity index is 756. The summed E-state index contributed by atoms with van der Waals surface area (Å²) in [6.07, 6.45) is 6.75. The predicted octanol–water partition coefficient (Wildman–Crippen LogP) is 2.40. The molecule has 29 heavy (non-hydrogen) atoms. The molecule has 1 aromatic rings. The van der Waals surface area contributed by atoms with Gasteiger partial charge in [0.2, 0.25) is 0 Å². The average Bonchev–Trinajstić information content (AvgIpc) is 2.97. The zero-order valence-corrected chi connectivity index (χ0v) is 17.3. The number of ether oxygens (including phenoxy) is 2. The first-order chi connectivity index (χ1) is 14.1. The maximum Gasteiger partial charge on any atom is 0.260 e. The van der Waals surface area contributed by atoms with Crippen LogP contribution in [0.15, 0.2) is 29.3 Å². The topological polar surface area (TPSA) is 80.4 Å². The Hall–Kier alpha value is -2.28. The molecule has 0 spiro atoms. The number of guanidine groups is 1. The number of carbonyl (C=O) groups is 1. The van der Waals surface area contributed by atoms with Crippen molar-refractivity contribution in [1.82, 2.24) is 4.90 Å². The third-order valence-electron chi connectivity index (χ3n) is 6.41. The summed E-state index contributed by atoms with van der Waals surface area (Å²) in [5.74, 6) is 1.52. The van der Waals surface area contributed by atoms with Gasteiger partial charge in [-0.3, -0.25) is 9.69 Å². The van der Waals surface area contributed by atoms with E-state index in [-0.39, 0.29) is 18.5 Å². The van der Waals surface area contributed by atoms with Crippen LogP contribution >= 0.6 is 0 Å². The zero-order chi connectivity index (χ0) is 20.3. The van der Waals surface area contributed by atoms with E-state index in [1.54, 1.807) is 7.05 Å². The number of carbonyl (C=O) groups excluding carboxylic acids is 1. The van der Waals surface area contributed by atoms with E-state index in [0.29, 0.717) is 25.6 Å². The fourth-order valence-electron chi connectivity index (χ4n) is 4.75. The van der Waals surface area contributed by atoms with E-state index in [1.807, 2.05) is 18.2 Å². The molecule has 2 N–H and O–H groups in total. The Labute approximate surface area is 172 Å². The summed E-state index contributed by atoms with van der Waals surface area (Å²) in [5, 5.41) is 0. The molecule has 0 bridgehead atoms. The highest BCUT2D eigenvalue weighted by Crippen LogP contribution is 2.37. The van der Waals surface area contributed by atoms with Crippen LogP contribution in [0.4, 0.5) is 5.69 Å². The van der Waals surface area contributed by atoms with Gasteiger partial charge in [0.15, 0.2) is 11.5 Å². The van der Waals surface area contributed by atoms with Gasteiger partial charge in [-0.05, 0) is 24.5 Å². The van der Waals surface area contributed by atoms with E-state index >= 15 is 0 Å². The lowest BCUT2D eigenvalue weighted by atomic mass is 9.79. The van der Waals surface area contributed by atoms with Crippen LogP contribution in [0, 0.1) is 5.92 Å². The molecule has 2 heterocycles. The predicted molar refractivity (Wildman–Crippen MR) is 113 cm³/mol. The summed E-state index contributed by atoms with van der Waals surface area (Å²) in [6.45, 7) is 3.31. The molecule has 1 aromatic carbocycles. The van der Waals surface area contributed by atoms with Crippen molar-refractivity contribution in [3.05, 3.63) is 24.3 Å². The van der Waals surface area contributed by atoms with Gasteiger partial charge in [0, 0.05) is 20.1 Å². The van der Waals surface area contributed by atoms with Gasteiger partial charge in [-0.25, -0.2) is 4.99 Å². The molecule has 1 aliphatic carbocycles. The second-order valence-corrected chi connectivity index (χ2v) is 8.43. The van der Waals surface area contributed by atoms with Crippen LogP contribution in [-0.4, -0.2) is 62.3 Å². The first kappa shape index (κ1) is 20.0. The summed E-state index contributed by atoms with van der Waals surface area (Å²) < 4.78 is 11.8. The number of para-hydroxylation sites is 2. The highest BCUT2D eigenvalue weighted by molar-refractivity contribution is 6.06. The molecule has 0 aromatic heterocycles. The lowest BCUT2D eigenvalue weighted by Gasteiger charge is -2.33. The van der Waals surface area contributed by atoms with Crippen molar-refractivity contribution in [1.29, 1.82) is 0 Å². The number of anilines is 1. The van der Waals surface area contributed by atoms with Gasteiger partial charge in [-0.2, -0.15) is 0 Å². The Kier molecular flexibility index (Phi) is 5.94. The van der Waals surface area contributed by atoms with Crippen LogP contribution in [0.5, 0.6) is 5.75 Å². The van der Waals surface area contributed by atoms with Gasteiger partial charge in [0.05, 0.1) is 18.9 Å². The minimum Gasteiger partial charge on any atom is -0.488 e. The van der Waals surface area contributed by atoms with Crippen molar-refractivity contribution < 1.29 is 14.3 Å². The number of morpholine rings is 1. The van der Waals surface area contributed by atoms with Crippen molar-refractivity contribution in [2.45, 2.75) is 44.1 Å². The Morgan fingerprint density at radius 2 is 1.93 bits per heavy atom. The molecule has 1 saturated heterocycles. The molecular formula is C22H32N4O3. The molecule has 3 aliphatic rings. The smallest absolute Gasteiger partial charge is 0.260 e. The van der Waals surface area contributed by atoms with Crippen LogP contribution in [0.2, 0.25) is 0 Å². The highest BCUT2D eigenvalue weighted by atomic mass is 16.5. The molecule has 4 rings (SSSR count). The van der Waals surface area contributed by atoms with Gasteiger partial charge >= 0.3 is 0 Å². The monoisotopic (exact) mass is 400 g/mol. The van der Waals surface area contributed by atoms with E-state index in [2.05, 4.69) is 16.0 Å². The van der Waals surface area contributed by atoms with Crippen LogP contribution in [0.25, 0.3) is 0 Å². The van der Waals surface area contributed by atoms with Crippen molar-refractivity contribution in [3.63, 3.8) is 0 Å². The molecule has 1 atom stereocenters. The average molecular weight is 401 g/mol. The highest BCUT2D eigenvalue weighted by Gasteiger charge is 2.48. The molecular weight excluding hydrogens is 368 g/mol. The molecule has 1 unspecified atom stereocenters. The summed E-state index contributed by atoms with van der Waals surface area (Å²) in [6, 6.07) is 8.01. The van der Waals surface area contributed by atoms with Crippen molar-refractivity contribution >= 4 is 17.6 Å². The number of hydrogen-bond donors (Lipinski definition) is 1. The number of benzene rings is 1. The first-order valence-electron chi connectivity index (χ1n) is 10.8. The molecule has 2 aliphatic heterocycles. The quantitative estimate of drug-likeness (QED) is 0.793. The van der Waals surface area contributed by atoms with E-state index < -0.39 is 5.54 Å². The van der Waals surface area contributed by atoms with Crippen LogP contribution in [0.3, 0.4) is 0 Å². The zero-order valence-electron chi connectivity index (χ0n) is 17.3. The summed E-state index contributed by atoms with van der Waals surface area (Å²) >= 11 is 0. The lowest BCUT2D eigenvalue weighted by Crippen LogP contribution is -2.47. The minimum absolute atomic E-state index is 0.0515. The molecule has 2 fully saturated rings. The second-order valence-electron chi connectivity index (χ2n) is 8.43. The number of likely N-dealkylation sites (N-methyl/N-ethyl adjacent to an activating group) is 1. The van der Waals surface area contributed by atoms with Crippen LogP contribution in [-0.2, 0) is 9.53 Å². The normalized spacial score (nSPS) is 26.0. The minimum atomic E-state index is -0.918. The van der Waals surface area contributed by atoms with Gasteiger partial charge in [-0.15, -0.1) is 0 Å². The number of nitrogens with zero attached hydrogens (tertiary/aromatic N) is 3. The molecule has 1 saturated carbocycles. The lowest BCUT2D eigenvalue weighted by molar-refractivity contribution is -0.132. The van der Waals surface area contributed by atoms with E-state index in [0.717, 1.165) is 37.4 Å².